The van der Waals surface area contributed by atoms with E-state index in [0.717, 1.165) is 44.9 Å². The first-order chi connectivity index (χ1) is 35.3. The van der Waals surface area contributed by atoms with Crippen LogP contribution >= 0.6 is 0 Å². The molecule has 3 aliphatic heterocycles. The van der Waals surface area contributed by atoms with Gasteiger partial charge in [0.15, 0.2) is 18.9 Å². The fraction of sp³-hybridized carbons (Fsp3) is 0.722. The summed E-state index contributed by atoms with van der Waals surface area (Å²) < 4.78 is 34.0. The molecule has 1 amide bonds. The maximum absolute atomic E-state index is 13.2. The van der Waals surface area contributed by atoms with Crippen LogP contribution in [0.2, 0.25) is 0 Å². The minimum absolute atomic E-state index is 0.106. The Balaban J connectivity index is 1.60. The molecule has 0 aromatic rings. The molecule has 0 aromatic carbocycles. The molecule has 19 heteroatoms. The zero-order valence-corrected chi connectivity index (χ0v) is 42.8. The summed E-state index contributed by atoms with van der Waals surface area (Å²) in [5, 5.41) is 120. The van der Waals surface area contributed by atoms with Crippen molar-refractivity contribution in [3.63, 3.8) is 0 Å². The molecule has 0 aliphatic carbocycles. The molecule has 17 unspecified atom stereocenters. The highest BCUT2D eigenvalue weighted by atomic mass is 16.8. The Bertz CT molecular complexity index is 1670. The van der Waals surface area contributed by atoms with E-state index in [1.54, 1.807) is 12.2 Å². The number of aliphatic hydroxyl groups excluding tert-OH is 11. The summed E-state index contributed by atoms with van der Waals surface area (Å²) in [7, 11) is 0. The number of allylic oxidation sites excluding steroid dienone is 13. The van der Waals surface area contributed by atoms with Crippen molar-refractivity contribution < 1.29 is 89.4 Å². The monoisotopic (exact) mass is 1040 g/mol. The Morgan fingerprint density at radius 1 is 0.507 bits per heavy atom. The zero-order chi connectivity index (χ0) is 53.4. The predicted molar refractivity (Wildman–Crippen MR) is 272 cm³/mol. The van der Waals surface area contributed by atoms with Gasteiger partial charge < -0.3 is 89.9 Å². The Hall–Kier alpha value is -3.03. The van der Waals surface area contributed by atoms with Crippen LogP contribution < -0.4 is 5.32 Å². The minimum Gasteiger partial charge on any atom is -0.394 e. The number of rotatable bonds is 35. The summed E-state index contributed by atoms with van der Waals surface area (Å²) in [5.41, 5.74) is 0. The lowest BCUT2D eigenvalue weighted by Crippen LogP contribution is -2.66. The molecule has 418 valence electrons. The van der Waals surface area contributed by atoms with Gasteiger partial charge in [-0.15, -0.1) is 0 Å². The van der Waals surface area contributed by atoms with E-state index in [1.807, 2.05) is 18.2 Å². The highest BCUT2D eigenvalue weighted by Crippen LogP contribution is 2.33. The molecule has 19 nitrogen and oxygen atoms in total. The number of nitrogens with one attached hydrogen (secondary N) is 1. The van der Waals surface area contributed by atoms with E-state index in [9.17, 15) is 61.0 Å². The van der Waals surface area contributed by atoms with Crippen molar-refractivity contribution in [3.8, 4) is 0 Å². The van der Waals surface area contributed by atoms with Crippen LogP contribution in [-0.2, 0) is 33.2 Å². The molecule has 73 heavy (non-hydrogen) atoms. The Morgan fingerprint density at radius 3 is 1.51 bits per heavy atom. The van der Waals surface area contributed by atoms with Gasteiger partial charge in [-0.2, -0.15) is 0 Å². The van der Waals surface area contributed by atoms with E-state index in [4.69, 9.17) is 28.4 Å². The van der Waals surface area contributed by atoms with Crippen molar-refractivity contribution in [1.82, 2.24) is 5.32 Å². The second kappa shape index (κ2) is 37.7. The van der Waals surface area contributed by atoms with Gasteiger partial charge in [-0.1, -0.05) is 125 Å². The number of carbonyl (C=O) groups is 1. The van der Waals surface area contributed by atoms with Gasteiger partial charge in [-0.3, -0.25) is 4.79 Å². The van der Waals surface area contributed by atoms with E-state index in [1.165, 1.54) is 32.1 Å². The first-order valence-electron chi connectivity index (χ1n) is 26.3. The SMILES string of the molecule is CC/C=C\C/C=C\C/C=C\C/C=C\CCC(=O)NC(COC1OC(CO)C(OC2OC(CO)C(OC3OC(CO)C(O)C(O)C3O)C(O)C2O)C(O)C1O)C(O)/C=C/CC/C=C/CC/C=C/CCCCCCC. The topological polar surface area (TPSA) is 307 Å². The van der Waals surface area contributed by atoms with E-state index >= 15 is 0 Å². The van der Waals surface area contributed by atoms with Crippen LogP contribution in [0.4, 0.5) is 0 Å². The largest absolute Gasteiger partial charge is 0.394 e. The maximum atomic E-state index is 13.2. The van der Waals surface area contributed by atoms with E-state index in [2.05, 4.69) is 73.8 Å². The number of carbonyl (C=O) groups excluding carboxylic acids is 1. The van der Waals surface area contributed by atoms with E-state index in [-0.39, 0.29) is 12.3 Å². The first-order valence-corrected chi connectivity index (χ1v) is 26.3. The van der Waals surface area contributed by atoms with Gasteiger partial charge in [-0.25, -0.2) is 0 Å². The molecule has 12 N–H and O–H groups in total. The van der Waals surface area contributed by atoms with Gasteiger partial charge >= 0.3 is 0 Å². The highest BCUT2D eigenvalue weighted by molar-refractivity contribution is 5.76. The summed E-state index contributed by atoms with van der Waals surface area (Å²) in [6.07, 6.45) is 16.0. The summed E-state index contributed by atoms with van der Waals surface area (Å²) in [4.78, 5) is 13.2. The second-order valence-corrected chi connectivity index (χ2v) is 18.6. The zero-order valence-electron chi connectivity index (χ0n) is 42.8. The number of aliphatic hydroxyl groups is 11. The van der Waals surface area contributed by atoms with Gasteiger partial charge in [0.1, 0.15) is 73.2 Å². The quantitative estimate of drug-likeness (QED) is 0.0321. The van der Waals surface area contributed by atoms with Crippen molar-refractivity contribution in [2.75, 3.05) is 26.4 Å². The van der Waals surface area contributed by atoms with Crippen molar-refractivity contribution in [2.45, 2.75) is 221 Å². The van der Waals surface area contributed by atoms with Gasteiger partial charge in [0, 0.05) is 6.42 Å². The molecule has 3 aliphatic rings. The van der Waals surface area contributed by atoms with Crippen LogP contribution in [0.3, 0.4) is 0 Å². The highest BCUT2D eigenvalue weighted by Gasteiger charge is 2.53. The molecule has 0 saturated carbocycles. The number of hydrogen-bond donors (Lipinski definition) is 12. The predicted octanol–water partition coefficient (Wildman–Crippen LogP) is 2.47. The van der Waals surface area contributed by atoms with Crippen molar-refractivity contribution in [1.29, 1.82) is 0 Å². The van der Waals surface area contributed by atoms with E-state index < -0.39 is 131 Å². The van der Waals surface area contributed by atoms with Gasteiger partial charge in [0.05, 0.1) is 38.6 Å². The van der Waals surface area contributed by atoms with Gasteiger partial charge in [-0.05, 0) is 70.6 Å². The molecular formula is C54H89NO18. The summed E-state index contributed by atoms with van der Waals surface area (Å²) >= 11 is 0. The van der Waals surface area contributed by atoms with Crippen LogP contribution in [-0.4, -0.2) is 193 Å². The fourth-order valence-electron chi connectivity index (χ4n) is 8.29. The molecule has 3 fully saturated rings. The summed E-state index contributed by atoms with van der Waals surface area (Å²) in [5.74, 6) is -0.376. The maximum Gasteiger partial charge on any atom is 0.220 e. The van der Waals surface area contributed by atoms with Gasteiger partial charge in [0.2, 0.25) is 5.91 Å². The Labute approximate surface area is 431 Å². The lowest BCUT2D eigenvalue weighted by molar-refractivity contribution is -0.379. The summed E-state index contributed by atoms with van der Waals surface area (Å²) in [6, 6.07) is -1.04. The lowest BCUT2D eigenvalue weighted by atomic mass is 9.96. The standard InChI is InChI=1S/C54H89NO18/c1-3-5-7-9-11-13-15-17-18-20-21-23-25-27-29-31-38(59)37(55-42(60)32-30-28-26-24-22-19-16-14-12-10-8-6-4-2)36-68-52-48(66)45(63)50(40(34-57)70-52)73-54-49(67)46(64)51(41(35-58)71-54)72-53-47(65)44(62)43(61)39(33-56)69-53/h6,8,12,14-15,17,19,21-23,26,28-29,31,37-41,43-54,56-59,61-67H,3-5,7,9-11,13,16,18,20,24-25,27,30,32-36H2,1-2H3,(H,55,60)/b8-6-,14-12-,17-15+,22-19-,23-21+,28-26-,31-29+. The van der Waals surface area contributed by atoms with Gasteiger partial charge in [0.25, 0.3) is 0 Å². The molecule has 3 rings (SSSR count). The third-order valence-electron chi connectivity index (χ3n) is 12.7. The molecule has 0 spiro atoms. The van der Waals surface area contributed by atoms with Crippen LogP contribution in [0.1, 0.15) is 117 Å². The normalized spacial score (nSPS) is 32.4. The van der Waals surface area contributed by atoms with Crippen LogP contribution in [0.25, 0.3) is 0 Å². The average molecular weight is 1040 g/mol. The molecule has 0 radical (unpaired) electrons. The number of amides is 1. The van der Waals surface area contributed by atoms with Crippen LogP contribution in [0.5, 0.6) is 0 Å². The molecule has 17 atom stereocenters. The lowest BCUT2D eigenvalue weighted by Gasteiger charge is -2.48. The first kappa shape index (κ1) is 64.3. The van der Waals surface area contributed by atoms with E-state index in [0.29, 0.717) is 19.3 Å². The second-order valence-electron chi connectivity index (χ2n) is 18.6. The molecular weight excluding hydrogens is 951 g/mol. The minimum atomic E-state index is -1.99. The number of hydrogen-bond acceptors (Lipinski definition) is 18. The smallest absolute Gasteiger partial charge is 0.220 e. The average Bonchev–Trinajstić information content (AvgIpc) is 3.39. The number of ether oxygens (including phenoxy) is 6. The third-order valence-corrected chi connectivity index (χ3v) is 12.7. The molecule has 0 aromatic heterocycles. The van der Waals surface area contributed by atoms with Crippen LogP contribution in [0.15, 0.2) is 85.1 Å². The van der Waals surface area contributed by atoms with Crippen LogP contribution in [0, 0.1) is 0 Å². The Morgan fingerprint density at radius 2 is 0.959 bits per heavy atom. The van der Waals surface area contributed by atoms with Crippen molar-refractivity contribution in [2.24, 2.45) is 0 Å². The fourth-order valence-corrected chi connectivity index (χ4v) is 8.29. The Kier molecular flexibility index (Phi) is 33.2. The molecule has 3 heterocycles. The molecule has 3 saturated heterocycles. The number of unbranched alkanes of at least 4 members (excludes halogenated alkanes) is 7. The summed E-state index contributed by atoms with van der Waals surface area (Å²) in [6.45, 7) is 1.45. The third kappa shape index (κ3) is 23.0. The van der Waals surface area contributed by atoms with Crippen molar-refractivity contribution >= 4 is 5.91 Å². The molecule has 0 bridgehead atoms. The van der Waals surface area contributed by atoms with Crippen molar-refractivity contribution in [3.05, 3.63) is 85.1 Å².